The topological polar surface area (TPSA) is 48.4 Å². The van der Waals surface area contributed by atoms with Crippen LogP contribution < -0.4 is 4.74 Å². The highest BCUT2D eigenvalue weighted by Gasteiger charge is 2.09. The molecule has 1 heterocycles. The summed E-state index contributed by atoms with van der Waals surface area (Å²) < 4.78 is 10.8. The van der Waals surface area contributed by atoms with Crippen LogP contribution in [0.3, 0.4) is 0 Å². The predicted octanol–water partition coefficient (Wildman–Crippen LogP) is 4.72. The van der Waals surface area contributed by atoms with Gasteiger partial charge in [0.05, 0.1) is 18.4 Å². The number of rotatable bonds is 5. The van der Waals surface area contributed by atoms with Crippen LogP contribution >= 0.6 is 0 Å². The third-order valence-electron chi connectivity index (χ3n) is 4.06. The van der Waals surface area contributed by atoms with Crippen LogP contribution in [-0.2, 0) is 11.3 Å². The van der Waals surface area contributed by atoms with Crippen LogP contribution in [0.25, 0.3) is 10.8 Å². The zero-order valence-electron chi connectivity index (χ0n) is 14.7. The molecule has 1 aromatic heterocycles. The van der Waals surface area contributed by atoms with Crippen molar-refractivity contribution in [2.24, 2.45) is 0 Å². The Kier molecular flexibility index (Phi) is 4.98. The largest absolute Gasteiger partial charge is 0.487 e. The molecule has 4 nitrogen and oxygen atoms in total. The second kappa shape index (κ2) is 7.34. The van der Waals surface area contributed by atoms with Crippen molar-refractivity contribution in [3.05, 3.63) is 71.5 Å². The highest BCUT2D eigenvalue weighted by Crippen LogP contribution is 2.27. The van der Waals surface area contributed by atoms with Crippen LogP contribution in [0.5, 0.6) is 5.75 Å². The van der Waals surface area contributed by atoms with Crippen molar-refractivity contribution in [1.29, 1.82) is 0 Å². The molecule has 0 atom stereocenters. The molecule has 0 bridgehead atoms. The Bertz CT molecular complexity index is 903. The molecule has 0 unspecified atom stereocenters. The second-order valence-corrected chi connectivity index (χ2v) is 6.18. The number of methoxy groups -OCH3 is 1. The lowest BCUT2D eigenvalue weighted by Gasteiger charge is -2.11. The number of carbonyl (C=O) groups is 1. The molecule has 2 aromatic carbocycles. The van der Waals surface area contributed by atoms with Gasteiger partial charge in [-0.3, -0.25) is 4.98 Å². The maximum atomic E-state index is 11.7. The van der Waals surface area contributed by atoms with Crippen LogP contribution in [0.1, 0.15) is 41.5 Å². The number of pyridine rings is 1. The fourth-order valence-electron chi connectivity index (χ4n) is 2.68. The molecule has 0 aliphatic carbocycles. The summed E-state index contributed by atoms with van der Waals surface area (Å²) in [6.45, 7) is 4.64. The first-order valence-electron chi connectivity index (χ1n) is 8.28. The molecular weight excluding hydrogens is 314 g/mol. The Hall–Kier alpha value is -2.88. The van der Waals surface area contributed by atoms with Gasteiger partial charge in [-0.1, -0.05) is 32.0 Å². The average molecular weight is 335 g/mol. The third-order valence-corrected chi connectivity index (χ3v) is 4.06. The first kappa shape index (κ1) is 17.0. The van der Waals surface area contributed by atoms with E-state index in [4.69, 9.17) is 9.47 Å². The molecule has 3 rings (SSSR count). The molecule has 0 radical (unpaired) electrons. The van der Waals surface area contributed by atoms with Crippen LogP contribution in [0.2, 0.25) is 0 Å². The molecule has 128 valence electrons. The van der Waals surface area contributed by atoms with E-state index in [-0.39, 0.29) is 5.97 Å². The van der Waals surface area contributed by atoms with Crippen molar-refractivity contribution in [2.45, 2.75) is 26.4 Å². The molecular formula is C21H21NO3. The molecule has 0 aliphatic heterocycles. The van der Waals surface area contributed by atoms with Crippen molar-refractivity contribution in [3.63, 3.8) is 0 Å². The normalized spacial score (nSPS) is 10.9. The van der Waals surface area contributed by atoms with E-state index < -0.39 is 0 Å². The van der Waals surface area contributed by atoms with Gasteiger partial charge < -0.3 is 9.47 Å². The van der Waals surface area contributed by atoms with Gasteiger partial charge in [0.15, 0.2) is 0 Å². The lowest BCUT2D eigenvalue weighted by atomic mass is 10.1. The number of aromatic nitrogens is 1. The van der Waals surface area contributed by atoms with E-state index in [2.05, 4.69) is 18.8 Å². The van der Waals surface area contributed by atoms with E-state index in [1.165, 1.54) is 7.11 Å². The van der Waals surface area contributed by atoms with Gasteiger partial charge in [-0.2, -0.15) is 0 Å². The Morgan fingerprint density at radius 3 is 2.64 bits per heavy atom. The van der Waals surface area contributed by atoms with Gasteiger partial charge >= 0.3 is 5.97 Å². The molecule has 0 saturated heterocycles. The Morgan fingerprint density at radius 1 is 1.08 bits per heavy atom. The Morgan fingerprint density at radius 2 is 1.88 bits per heavy atom. The summed E-state index contributed by atoms with van der Waals surface area (Å²) in [5.41, 5.74) is 2.48. The van der Waals surface area contributed by atoms with Gasteiger partial charge in [-0.15, -0.1) is 0 Å². The van der Waals surface area contributed by atoms with Crippen LogP contribution in [0, 0.1) is 0 Å². The summed E-state index contributed by atoms with van der Waals surface area (Å²) in [6, 6.07) is 17.2. The SMILES string of the molecule is COC(=O)c1ccc2c(OCc3cccc(C(C)C)n3)cccc2c1. The quantitative estimate of drug-likeness (QED) is 0.633. The Balaban J connectivity index is 1.84. The van der Waals surface area contributed by atoms with E-state index >= 15 is 0 Å². The van der Waals surface area contributed by atoms with E-state index in [1.807, 2.05) is 48.5 Å². The molecule has 0 amide bonds. The van der Waals surface area contributed by atoms with Crippen molar-refractivity contribution in [1.82, 2.24) is 4.98 Å². The Labute approximate surface area is 147 Å². The number of hydrogen-bond acceptors (Lipinski definition) is 4. The zero-order chi connectivity index (χ0) is 17.8. The van der Waals surface area contributed by atoms with Crippen molar-refractivity contribution in [2.75, 3.05) is 7.11 Å². The van der Waals surface area contributed by atoms with Crippen molar-refractivity contribution in [3.8, 4) is 5.75 Å². The van der Waals surface area contributed by atoms with Gasteiger partial charge in [0.1, 0.15) is 12.4 Å². The number of fused-ring (bicyclic) bond motifs is 1. The van der Waals surface area contributed by atoms with Gasteiger partial charge in [-0.05, 0) is 47.7 Å². The van der Waals surface area contributed by atoms with Gasteiger partial charge in [0.2, 0.25) is 0 Å². The van der Waals surface area contributed by atoms with E-state index in [1.54, 1.807) is 6.07 Å². The summed E-state index contributed by atoms with van der Waals surface area (Å²) in [7, 11) is 1.38. The fraction of sp³-hybridized carbons (Fsp3) is 0.238. The first-order chi connectivity index (χ1) is 12.1. The fourth-order valence-corrected chi connectivity index (χ4v) is 2.68. The number of esters is 1. The lowest BCUT2D eigenvalue weighted by molar-refractivity contribution is 0.0601. The predicted molar refractivity (Wildman–Crippen MR) is 97.9 cm³/mol. The van der Waals surface area contributed by atoms with E-state index in [9.17, 15) is 4.79 Å². The number of ether oxygens (including phenoxy) is 2. The molecule has 0 N–H and O–H groups in total. The minimum atomic E-state index is -0.345. The number of carbonyl (C=O) groups excluding carboxylic acids is 1. The minimum Gasteiger partial charge on any atom is -0.487 e. The number of hydrogen-bond donors (Lipinski definition) is 0. The maximum absolute atomic E-state index is 11.7. The third kappa shape index (κ3) is 3.79. The molecule has 0 fully saturated rings. The van der Waals surface area contributed by atoms with Crippen molar-refractivity contribution < 1.29 is 14.3 Å². The molecule has 3 aromatic rings. The molecule has 4 heteroatoms. The standard InChI is InChI=1S/C21H21NO3/c1-14(2)19-8-5-7-17(22-19)13-25-20-9-4-6-15-12-16(21(23)24-3)10-11-18(15)20/h4-12,14H,13H2,1-3H3. The summed E-state index contributed by atoms with van der Waals surface area (Å²) in [6.07, 6.45) is 0. The van der Waals surface area contributed by atoms with Crippen LogP contribution in [0.15, 0.2) is 54.6 Å². The minimum absolute atomic E-state index is 0.345. The van der Waals surface area contributed by atoms with Gasteiger partial charge in [0, 0.05) is 11.1 Å². The molecule has 25 heavy (non-hydrogen) atoms. The van der Waals surface area contributed by atoms with E-state index in [0.717, 1.165) is 27.9 Å². The maximum Gasteiger partial charge on any atom is 0.337 e. The summed E-state index contributed by atoms with van der Waals surface area (Å²) >= 11 is 0. The smallest absolute Gasteiger partial charge is 0.337 e. The molecule has 0 spiro atoms. The summed E-state index contributed by atoms with van der Waals surface area (Å²) in [5.74, 6) is 0.808. The number of nitrogens with zero attached hydrogens (tertiary/aromatic N) is 1. The summed E-state index contributed by atoms with van der Waals surface area (Å²) in [5, 5.41) is 1.89. The second-order valence-electron chi connectivity index (χ2n) is 6.18. The first-order valence-corrected chi connectivity index (χ1v) is 8.28. The number of benzene rings is 2. The summed E-state index contributed by atoms with van der Waals surface area (Å²) in [4.78, 5) is 16.3. The van der Waals surface area contributed by atoms with Crippen LogP contribution in [-0.4, -0.2) is 18.1 Å². The van der Waals surface area contributed by atoms with E-state index in [0.29, 0.717) is 18.1 Å². The highest BCUT2D eigenvalue weighted by molar-refractivity contribution is 5.97. The molecule has 0 saturated carbocycles. The van der Waals surface area contributed by atoms with Crippen molar-refractivity contribution >= 4 is 16.7 Å². The molecule has 0 aliphatic rings. The van der Waals surface area contributed by atoms with Gasteiger partial charge in [-0.25, -0.2) is 4.79 Å². The van der Waals surface area contributed by atoms with Crippen LogP contribution in [0.4, 0.5) is 0 Å². The zero-order valence-corrected chi connectivity index (χ0v) is 14.7. The highest BCUT2D eigenvalue weighted by atomic mass is 16.5. The monoisotopic (exact) mass is 335 g/mol. The average Bonchev–Trinajstić information content (AvgIpc) is 2.65. The van der Waals surface area contributed by atoms with Gasteiger partial charge in [0.25, 0.3) is 0 Å². The lowest BCUT2D eigenvalue weighted by Crippen LogP contribution is -2.02.